The summed E-state index contributed by atoms with van der Waals surface area (Å²) in [5, 5.41) is 5.33. The topological polar surface area (TPSA) is 67.4 Å². The summed E-state index contributed by atoms with van der Waals surface area (Å²) in [5.74, 6) is -0.431. The normalized spacial score (nSPS) is 10.3. The van der Waals surface area contributed by atoms with Crippen LogP contribution in [0, 0.1) is 0 Å². The third-order valence-electron chi connectivity index (χ3n) is 2.98. The quantitative estimate of drug-likeness (QED) is 0.850. The lowest BCUT2D eigenvalue weighted by molar-refractivity contribution is -0.116. The number of alkyl halides is 2. The lowest BCUT2D eigenvalue weighted by atomic mass is 10.1. The number of hydrogen-bond donors (Lipinski definition) is 2. The molecule has 2 N–H and O–H groups in total. The van der Waals surface area contributed by atoms with Gasteiger partial charge in [0.2, 0.25) is 11.8 Å². The summed E-state index contributed by atoms with van der Waals surface area (Å²) >= 11 is 0. The Hall–Kier alpha value is -2.96. The Labute approximate surface area is 137 Å². The summed E-state index contributed by atoms with van der Waals surface area (Å²) in [4.78, 5) is 23.1. The lowest BCUT2D eigenvalue weighted by Crippen LogP contribution is -2.14. The highest BCUT2D eigenvalue weighted by Gasteiger charge is 2.07. The molecule has 2 rings (SSSR count). The molecule has 0 aliphatic heterocycles. The maximum Gasteiger partial charge on any atom is 0.387 e. The second kappa shape index (κ2) is 8.05. The van der Waals surface area contributed by atoms with E-state index in [9.17, 15) is 18.4 Å². The monoisotopic (exact) mass is 334 g/mol. The molecule has 0 aromatic heterocycles. The first kappa shape index (κ1) is 17.4. The predicted octanol–water partition coefficient (Wildman–Crippen LogP) is 3.43. The Morgan fingerprint density at radius 1 is 1.04 bits per heavy atom. The van der Waals surface area contributed by atoms with Crippen molar-refractivity contribution in [2.24, 2.45) is 0 Å². The molecule has 2 aromatic carbocycles. The lowest BCUT2D eigenvalue weighted by Gasteiger charge is -2.09. The van der Waals surface area contributed by atoms with Crippen molar-refractivity contribution in [1.82, 2.24) is 0 Å². The summed E-state index contributed by atoms with van der Waals surface area (Å²) in [5.41, 5.74) is 1.78. The molecule has 0 atom stereocenters. The van der Waals surface area contributed by atoms with E-state index in [0.717, 1.165) is 0 Å². The van der Waals surface area contributed by atoms with E-state index in [2.05, 4.69) is 15.4 Å². The molecule has 0 heterocycles. The van der Waals surface area contributed by atoms with Crippen LogP contribution in [0.2, 0.25) is 0 Å². The maximum absolute atomic E-state index is 12.1. The molecule has 2 amide bonds. The Morgan fingerprint density at radius 3 is 2.25 bits per heavy atom. The second-order valence-corrected chi connectivity index (χ2v) is 5.01. The van der Waals surface area contributed by atoms with Crippen LogP contribution < -0.4 is 15.4 Å². The van der Waals surface area contributed by atoms with Gasteiger partial charge in [-0.2, -0.15) is 8.78 Å². The second-order valence-electron chi connectivity index (χ2n) is 5.01. The minimum absolute atomic E-state index is 0.0390. The summed E-state index contributed by atoms with van der Waals surface area (Å²) in [6, 6.07) is 12.6. The van der Waals surface area contributed by atoms with Gasteiger partial charge in [-0.3, -0.25) is 9.59 Å². The number of benzene rings is 2. The van der Waals surface area contributed by atoms with Gasteiger partial charge in [0.05, 0.1) is 6.42 Å². The van der Waals surface area contributed by atoms with Crippen molar-refractivity contribution in [3.63, 3.8) is 0 Å². The third-order valence-corrected chi connectivity index (χ3v) is 2.98. The van der Waals surface area contributed by atoms with Crippen molar-refractivity contribution < 1.29 is 23.1 Å². The van der Waals surface area contributed by atoms with Gasteiger partial charge in [0.1, 0.15) is 5.75 Å². The van der Waals surface area contributed by atoms with E-state index in [1.165, 1.54) is 19.1 Å². The van der Waals surface area contributed by atoms with Gasteiger partial charge in [-0.05, 0) is 35.9 Å². The minimum atomic E-state index is -2.88. The molecular weight excluding hydrogens is 318 g/mol. The number of anilines is 2. The van der Waals surface area contributed by atoms with Crippen LogP contribution >= 0.6 is 0 Å². The van der Waals surface area contributed by atoms with E-state index < -0.39 is 6.61 Å². The Kier molecular flexibility index (Phi) is 5.83. The Morgan fingerprint density at radius 2 is 1.67 bits per heavy atom. The van der Waals surface area contributed by atoms with Crippen molar-refractivity contribution in [2.45, 2.75) is 20.0 Å². The molecule has 0 spiro atoms. The zero-order valence-corrected chi connectivity index (χ0v) is 12.9. The Bertz CT molecular complexity index is 718. The molecule has 0 unspecified atom stereocenters. The molecular formula is C17H16F2N2O3. The number of amides is 2. The molecule has 0 aliphatic rings. The summed E-state index contributed by atoms with van der Waals surface area (Å²) in [7, 11) is 0. The van der Waals surface area contributed by atoms with Crippen LogP contribution in [0.15, 0.2) is 48.5 Å². The molecule has 0 bridgehead atoms. The van der Waals surface area contributed by atoms with Crippen LogP contribution in [0.4, 0.5) is 20.2 Å². The average Bonchev–Trinajstić information content (AvgIpc) is 2.48. The van der Waals surface area contributed by atoms with Crippen molar-refractivity contribution in [2.75, 3.05) is 10.6 Å². The van der Waals surface area contributed by atoms with Crippen LogP contribution in [-0.2, 0) is 16.0 Å². The molecule has 2 aromatic rings. The minimum Gasteiger partial charge on any atom is -0.435 e. The summed E-state index contributed by atoms with van der Waals surface area (Å²) in [6.45, 7) is -1.48. The Balaban J connectivity index is 1.94. The standard InChI is InChI=1S/C17H16F2N2O3/c1-11(22)20-13-3-2-4-14(10-13)21-16(23)9-12-5-7-15(8-6-12)24-17(18)19/h2-8,10,17H,9H2,1H3,(H,20,22)(H,21,23). The number of carbonyl (C=O) groups is 2. The highest BCUT2D eigenvalue weighted by atomic mass is 19.3. The van der Waals surface area contributed by atoms with Crippen LogP contribution in [0.1, 0.15) is 12.5 Å². The summed E-state index contributed by atoms with van der Waals surface area (Å²) in [6.07, 6.45) is 0.0827. The number of hydrogen-bond acceptors (Lipinski definition) is 3. The highest BCUT2D eigenvalue weighted by Crippen LogP contribution is 2.17. The first-order valence-electron chi connectivity index (χ1n) is 7.13. The van der Waals surface area contributed by atoms with Gasteiger partial charge in [0.25, 0.3) is 0 Å². The number of rotatable bonds is 6. The van der Waals surface area contributed by atoms with Gasteiger partial charge >= 0.3 is 6.61 Å². The van der Waals surface area contributed by atoms with Crippen LogP contribution in [-0.4, -0.2) is 18.4 Å². The smallest absolute Gasteiger partial charge is 0.387 e. The molecule has 0 saturated heterocycles. The molecule has 7 heteroatoms. The van der Waals surface area contributed by atoms with E-state index in [-0.39, 0.29) is 24.0 Å². The fourth-order valence-electron chi connectivity index (χ4n) is 2.06. The van der Waals surface area contributed by atoms with E-state index in [0.29, 0.717) is 16.9 Å². The first-order chi connectivity index (χ1) is 11.4. The number of ether oxygens (including phenoxy) is 1. The van der Waals surface area contributed by atoms with Crippen molar-refractivity contribution in [3.05, 3.63) is 54.1 Å². The fraction of sp³-hybridized carbons (Fsp3) is 0.176. The molecule has 5 nitrogen and oxygen atoms in total. The van der Waals surface area contributed by atoms with Gasteiger partial charge in [0.15, 0.2) is 0 Å². The van der Waals surface area contributed by atoms with E-state index in [1.807, 2.05) is 0 Å². The zero-order valence-electron chi connectivity index (χ0n) is 12.9. The summed E-state index contributed by atoms with van der Waals surface area (Å²) < 4.78 is 28.4. The number of halogens is 2. The zero-order chi connectivity index (χ0) is 17.5. The van der Waals surface area contributed by atoms with Gasteiger partial charge in [-0.1, -0.05) is 18.2 Å². The first-order valence-corrected chi connectivity index (χ1v) is 7.13. The third kappa shape index (κ3) is 5.68. The number of carbonyl (C=O) groups excluding carboxylic acids is 2. The maximum atomic E-state index is 12.1. The molecule has 126 valence electrons. The van der Waals surface area contributed by atoms with Gasteiger partial charge in [0, 0.05) is 18.3 Å². The molecule has 0 fully saturated rings. The predicted molar refractivity (Wildman–Crippen MR) is 86.2 cm³/mol. The molecule has 0 saturated carbocycles. The van der Waals surface area contributed by atoms with Crippen molar-refractivity contribution in [3.8, 4) is 5.75 Å². The molecule has 0 aliphatic carbocycles. The van der Waals surface area contributed by atoms with E-state index in [1.54, 1.807) is 36.4 Å². The van der Waals surface area contributed by atoms with Gasteiger partial charge < -0.3 is 15.4 Å². The highest BCUT2D eigenvalue weighted by molar-refractivity contribution is 5.94. The SMILES string of the molecule is CC(=O)Nc1cccc(NC(=O)Cc2ccc(OC(F)F)cc2)c1. The van der Waals surface area contributed by atoms with E-state index >= 15 is 0 Å². The average molecular weight is 334 g/mol. The largest absolute Gasteiger partial charge is 0.435 e. The van der Waals surface area contributed by atoms with Crippen LogP contribution in [0.3, 0.4) is 0 Å². The molecule has 0 radical (unpaired) electrons. The van der Waals surface area contributed by atoms with Crippen LogP contribution in [0.25, 0.3) is 0 Å². The fourth-order valence-corrected chi connectivity index (χ4v) is 2.06. The number of nitrogens with one attached hydrogen (secondary N) is 2. The molecule has 24 heavy (non-hydrogen) atoms. The van der Waals surface area contributed by atoms with Crippen LogP contribution in [0.5, 0.6) is 5.75 Å². The van der Waals surface area contributed by atoms with Gasteiger partial charge in [-0.15, -0.1) is 0 Å². The van der Waals surface area contributed by atoms with Crippen molar-refractivity contribution in [1.29, 1.82) is 0 Å². The van der Waals surface area contributed by atoms with E-state index in [4.69, 9.17) is 0 Å². The van der Waals surface area contributed by atoms with Crippen molar-refractivity contribution >= 4 is 23.2 Å². The van der Waals surface area contributed by atoms with Gasteiger partial charge in [-0.25, -0.2) is 0 Å².